The highest BCUT2D eigenvalue weighted by atomic mass is 28.4. The van der Waals surface area contributed by atoms with Crippen LogP contribution in [0.4, 0.5) is 5.69 Å². The van der Waals surface area contributed by atoms with Crippen LogP contribution in [-0.2, 0) is 21.2 Å². The Morgan fingerprint density at radius 2 is 1.68 bits per heavy atom. The minimum Gasteiger partial charge on any atom is -0.413 e. The second-order valence-corrected chi connectivity index (χ2v) is 13.2. The first-order valence-corrected chi connectivity index (χ1v) is 10.6. The van der Waals surface area contributed by atoms with Crippen molar-refractivity contribution in [2.45, 2.75) is 71.7 Å². The number of carbonyl (C=O) groups excluding carboxylic acids is 1. The fourth-order valence-electron chi connectivity index (χ4n) is 1.79. The van der Waals surface area contributed by atoms with Gasteiger partial charge in [-0.25, -0.2) is 4.79 Å². The molecule has 122 valence electrons. The number of rotatable bonds is 4. The lowest BCUT2D eigenvalue weighted by atomic mass is 9.86. The molecule has 0 fully saturated rings. The largest absolute Gasteiger partial charge is 0.413 e. The first-order valence-electron chi connectivity index (χ1n) is 7.73. The van der Waals surface area contributed by atoms with Crippen molar-refractivity contribution in [2.24, 2.45) is 4.99 Å². The van der Waals surface area contributed by atoms with Crippen LogP contribution in [0.5, 0.6) is 0 Å². The van der Waals surface area contributed by atoms with E-state index in [9.17, 15) is 4.79 Å². The highest BCUT2D eigenvalue weighted by molar-refractivity contribution is 6.74. The Morgan fingerprint density at radius 3 is 2.14 bits per heavy atom. The predicted octanol–water partition coefficient (Wildman–Crippen LogP) is 5.47. The standard InChI is InChI=1S/C18H29NO2Si/c1-17(2,3)15-9-14(10-16(11-15)19-13-20)12-21-22(7,8)18(4,5)6/h9-11H,12H2,1-8H3. The average molecular weight is 320 g/mol. The predicted molar refractivity (Wildman–Crippen MR) is 94.9 cm³/mol. The molecule has 0 saturated heterocycles. The van der Waals surface area contributed by atoms with Crippen LogP contribution in [0.3, 0.4) is 0 Å². The van der Waals surface area contributed by atoms with Gasteiger partial charge in [0.1, 0.15) is 0 Å². The molecular weight excluding hydrogens is 290 g/mol. The lowest BCUT2D eigenvalue weighted by molar-refractivity contribution is 0.276. The van der Waals surface area contributed by atoms with Gasteiger partial charge in [-0.3, -0.25) is 0 Å². The molecule has 0 heterocycles. The molecule has 0 aromatic heterocycles. The minimum atomic E-state index is -1.79. The molecule has 0 saturated carbocycles. The summed E-state index contributed by atoms with van der Waals surface area (Å²) in [5.74, 6) is 0. The van der Waals surface area contributed by atoms with Crippen molar-refractivity contribution in [2.75, 3.05) is 0 Å². The lowest BCUT2D eigenvalue weighted by Gasteiger charge is -2.36. The summed E-state index contributed by atoms with van der Waals surface area (Å²) in [6.07, 6.45) is 1.63. The van der Waals surface area contributed by atoms with E-state index >= 15 is 0 Å². The van der Waals surface area contributed by atoms with E-state index in [1.165, 1.54) is 0 Å². The molecule has 0 N–H and O–H groups in total. The number of hydrogen-bond donors (Lipinski definition) is 0. The van der Waals surface area contributed by atoms with Gasteiger partial charge in [0.05, 0.1) is 12.3 Å². The molecule has 3 nitrogen and oxygen atoms in total. The molecule has 0 unspecified atom stereocenters. The zero-order chi connectivity index (χ0) is 17.2. The molecule has 0 aliphatic carbocycles. The number of aliphatic imine (C=N–C) groups is 1. The molecule has 0 radical (unpaired) electrons. The zero-order valence-corrected chi connectivity index (χ0v) is 16.2. The van der Waals surface area contributed by atoms with E-state index in [-0.39, 0.29) is 10.5 Å². The Balaban J connectivity index is 3.10. The lowest BCUT2D eigenvalue weighted by Crippen LogP contribution is -2.40. The van der Waals surface area contributed by atoms with Gasteiger partial charge in [-0.2, -0.15) is 4.99 Å². The van der Waals surface area contributed by atoms with E-state index in [4.69, 9.17) is 4.43 Å². The van der Waals surface area contributed by atoms with Gasteiger partial charge in [0, 0.05) is 0 Å². The van der Waals surface area contributed by atoms with Crippen LogP contribution in [0.1, 0.15) is 52.7 Å². The molecule has 22 heavy (non-hydrogen) atoms. The summed E-state index contributed by atoms with van der Waals surface area (Å²) >= 11 is 0. The van der Waals surface area contributed by atoms with E-state index in [0.717, 1.165) is 11.1 Å². The monoisotopic (exact) mass is 319 g/mol. The van der Waals surface area contributed by atoms with Gasteiger partial charge in [0.25, 0.3) is 0 Å². The van der Waals surface area contributed by atoms with Crippen molar-refractivity contribution in [3.8, 4) is 0 Å². The molecule has 0 aliphatic heterocycles. The van der Waals surface area contributed by atoms with Gasteiger partial charge < -0.3 is 4.43 Å². The Bertz CT molecular complexity index is 574. The Morgan fingerprint density at radius 1 is 1.09 bits per heavy atom. The second kappa shape index (κ2) is 6.49. The van der Waals surface area contributed by atoms with E-state index in [1.54, 1.807) is 6.08 Å². The first kappa shape index (κ1) is 18.8. The van der Waals surface area contributed by atoms with E-state index < -0.39 is 8.32 Å². The third-order valence-electron chi connectivity index (χ3n) is 4.42. The summed E-state index contributed by atoms with van der Waals surface area (Å²) in [5, 5.41) is 0.179. The molecular formula is C18H29NO2Si. The van der Waals surface area contributed by atoms with Crippen molar-refractivity contribution < 1.29 is 9.22 Å². The van der Waals surface area contributed by atoms with Crippen LogP contribution >= 0.6 is 0 Å². The van der Waals surface area contributed by atoms with E-state index in [1.807, 2.05) is 12.1 Å². The molecule has 1 aromatic carbocycles. The average Bonchev–Trinajstić information content (AvgIpc) is 2.34. The van der Waals surface area contributed by atoms with Gasteiger partial charge in [-0.1, -0.05) is 47.6 Å². The normalized spacial score (nSPS) is 12.9. The molecule has 0 aliphatic rings. The number of benzene rings is 1. The van der Waals surface area contributed by atoms with Gasteiger partial charge in [-0.15, -0.1) is 0 Å². The summed E-state index contributed by atoms with van der Waals surface area (Å²) in [5.41, 5.74) is 2.86. The smallest absolute Gasteiger partial charge is 0.240 e. The van der Waals surface area contributed by atoms with Crippen molar-refractivity contribution in [1.82, 2.24) is 0 Å². The molecule has 0 spiro atoms. The maximum absolute atomic E-state index is 10.6. The SMILES string of the molecule is CC(C)(C)c1cc(CO[Si](C)(C)C(C)(C)C)cc(N=C=O)c1. The number of isocyanates is 1. The van der Waals surface area contributed by atoms with Crippen LogP contribution in [-0.4, -0.2) is 14.4 Å². The fourth-order valence-corrected chi connectivity index (χ4v) is 2.75. The van der Waals surface area contributed by atoms with Crippen molar-refractivity contribution in [1.29, 1.82) is 0 Å². The van der Waals surface area contributed by atoms with Crippen molar-refractivity contribution in [3.05, 3.63) is 29.3 Å². The summed E-state index contributed by atoms with van der Waals surface area (Å²) < 4.78 is 6.28. The van der Waals surface area contributed by atoms with Gasteiger partial charge in [0.15, 0.2) is 8.32 Å². The van der Waals surface area contributed by atoms with E-state index in [0.29, 0.717) is 12.3 Å². The highest BCUT2D eigenvalue weighted by Crippen LogP contribution is 2.37. The molecule has 1 aromatic rings. The summed E-state index contributed by atoms with van der Waals surface area (Å²) in [6, 6.07) is 6.00. The maximum atomic E-state index is 10.6. The van der Waals surface area contributed by atoms with Gasteiger partial charge in [-0.05, 0) is 46.8 Å². The van der Waals surface area contributed by atoms with Crippen LogP contribution < -0.4 is 0 Å². The molecule has 0 atom stereocenters. The van der Waals surface area contributed by atoms with Crippen LogP contribution in [0.25, 0.3) is 0 Å². The van der Waals surface area contributed by atoms with Crippen LogP contribution in [0, 0.1) is 0 Å². The topological polar surface area (TPSA) is 38.7 Å². The third kappa shape index (κ3) is 4.91. The first-order chi connectivity index (χ1) is 9.87. The van der Waals surface area contributed by atoms with Crippen molar-refractivity contribution in [3.63, 3.8) is 0 Å². The fraction of sp³-hybridized carbons (Fsp3) is 0.611. The number of hydrogen-bond acceptors (Lipinski definition) is 3. The Hall–Kier alpha value is -1.22. The zero-order valence-electron chi connectivity index (χ0n) is 15.2. The minimum absolute atomic E-state index is 0.000137. The summed E-state index contributed by atoms with van der Waals surface area (Å²) in [7, 11) is -1.79. The van der Waals surface area contributed by atoms with Crippen LogP contribution in [0.15, 0.2) is 23.2 Å². The van der Waals surface area contributed by atoms with Gasteiger partial charge >= 0.3 is 0 Å². The molecule has 1 rings (SSSR count). The third-order valence-corrected chi connectivity index (χ3v) is 8.90. The molecule has 0 bridgehead atoms. The maximum Gasteiger partial charge on any atom is 0.240 e. The Labute approximate surface area is 135 Å². The van der Waals surface area contributed by atoms with Crippen molar-refractivity contribution >= 4 is 20.1 Å². The second-order valence-electron chi connectivity index (χ2n) is 8.39. The van der Waals surface area contributed by atoms with Gasteiger partial charge in [0.2, 0.25) is 6.08 Å². The van der Waals surface area contributed by atoms with Crippen LogP contribution in [0.2, 0.25) is 18.1 Å². The summed E-state index contributed by atoms with van der Waals surface area (Å²) in [6.45, 7) is 18.2. The number of nitrogens with zero attached hydrogens (tertiary/aromatic N) is 1. The quantitative estimate of drug-likeness (QED) is 0.419. The highest BCUT2D eigenvalue weighted by Gasteiger charge is 2.37. The van der Waals surface area contributed by atoms with E-state index in [2.05, 4.69) is 65.7 Å². The summed E-state index contributed by atoms with van der Waals surface area (Å²) in [4.78, 5) is 14.4. The molecule has 4 heteroatoms. The molecule has 0 amide bonds. The Kier molecular flexibility index (Phi) is 5.55.